The third-order valence-electron chi connectivity index (χ3n) is 5.45. The van der Waals surface area contributed by atoms with Gasteiger partial charge in [0.15, 0.2) is 5.82 Å². The minimum absolute atomic E-state index is 0.0781. The van der Waals surface area contributed by atoms with E-state index in [0.29, 0.717) is 13.1 Å². The number of hydrogen-bond acceptors (Lipinski definition) is 6. The second kappa shape index (κ2) is 9.87. The van der Waals surface area contributed by atoms with Crippen LogP contribution in [0.25, 0.3) is 11.3 Å². The van der Waals surface area contributed by atoms with Crippen LogP contribution in [0, 0.1) is 0 Å². The molecule has 30 heavy (non-hydrogen) atoms. The number of piperidine rings is 1. The van der Waals surface area contributed by atoms with Gasteiger partial charge in [0.05, 0.1) is 19.4 Å². The molecule has 0 bridgehead atoms. The van der Waals surface area contributed by atoms with Gasteiger partial charge in [-0.2, -0.15) is 0 Å². The number of halogens is 1. The highest BCUT2D eigenvalue weighted by molar-refractivity contribution is 5.80. The van der Waals surface area contributed by atoms with Gasteiger partial charge in [-0.15, -0.1) is 0 Å². The molecule has 1 saturated heterocycles. The molecule has 162 valence electrons. The molecule has 6 nitrogen and oxygen atoms in total. The first-order valence-corrected chi connectivity index (χ1v) is 10.6. The van der Waals surface area contributed by atoms with Crippen LogP contribution < -0.4 is 9.64 Å². The third kappa shape index (κ3) is 4.89. The molecule has 2 heterocycles. The number of aromatic nitrogens is 2. The number of nitrogens with zero attached hydrogens (tertiary/aromatic N) is 3. The summed E-state index contributed by atoms with van der Waals surface area (Å²) < 4.78 is 25.2. The zero-order valence-electron chi connectivity index (χ0n) is 18.0. The summed E-state index contributed by atoms with van der Waals surface area (Å²) in [6, 6.07) is 7.66. The maximum Gasteiger partial charge on any atom is 0.344 e. The van der Waals surface area contributed by atoms with Crippen LogP contribution in [-0.4, -0.2) is 48.4 Å². The molecular formula is C23H30FN3O3. The zero-order chi connectivity index (χ0) is 21.6. The lowest BCUT2D eigenvalue weighted by Crippen LogP contribution is -2.47. The van der Waals surface area contributed by atoms with Crippen molar-refractivity contribution in [3.05, 3.63) is 36.2 Å². The Morgan fingerprint density at radius 2 is 1.90 bits per heavy atom. The normalized spacial score (nSPS) is 15.7. The van der Waals surface area contributed by atoms with Crippen molar-refractivity contribution < 1.29 is 18.7 Å². The Labute approximate surface area is 177 Å². The van der Waals surface area contributed by atoms with Gasteiger partial charge < -0.3 is 14.4 Å². The molecule has 0 radical (unpaired) electrons. The Balaban J connectivity index is 1.88. The molecule has 0 amide bonds. The zero-order valence-corrected chi connectivity index (χ0v) is 18.0. The van der Waals surface area contributed by atoms with Crippen LogP contribution in [0.4, 0.5) is 10.2 Å². The number of hydrogen-bond donors (Lipinski definition) is 0. The third-order valence-corrected chi connectivity index (χ3v) is 5.45. The number of ether oxygens (including phenoxy) is 2. The van der Waals surface area contributed by atoms with E-state index >= 15 is 4.39 Å². The van der Waals surface area contributed by atoms with E-state index in [1.807, 2.05) is 35.4 Å². The van der Waals surface area contributed by atoms with Crippen molar-refractivity contribution >= 4 is 11.8 Å². The summed E-state index contributed by atoms with van der Waals surface area (Å²) in [4.78, 5) is 23.6. The smallest absolute Gasteiger partial charge is 0.344 e. The predicted octanol–water partition coefficient (Wildman–Crippen LogP) is 4.37. The number of benzene rings is 1. The van der Waals surface area contributed by atoms with Crippen LogP contribution in [0.2, 0.25) is 0 Å². The highest BCUT2D eigenvalue weighted by Gasteiger charge is 2.43. The Bertz CT molecular complexity index is 849. The maximum absolute atomic E-state index is 15.0. The number of rotatable bonds is 8. The topological polar surface area (TPSA) is 64.5 Å². The van der Waals surface area contributed by atoms with Crippen molar-refractivity contribution in [3.8, 4) is 17.0 Å². The number of esters is 1. The summed E-state index contributed by atoms with van der Waals surface area (Å²) in [5, 5.41) is 0. The minimum atomic E-state index is -1.93. The van der Waals surface area contributed by atoms with Crippen molar-refractivity contribution in [3.63, 3.8) is 0 Å². The molecule has 0 aliphatic carbocycles. The van der Waals surface area contributed by atoms with Gasteiger partial charge in [-0.1, -0.05) is 13.3 Å². The van der Waals surface area contributed by atoms with Crippen molar-refractivity contribution in [2.24, 2.45) is 0 Å². The van der Waals surface area contributed by atoms with Crippen LogP contribution in [-0.2, 0) is 16.0 Å². The predicted molar refractivity (Wildman–Crippen MR) is 115 cm³/mol. The molecule has 2 aromatic rings. The van der Waals surface area contributed by atoms with E-state index in [2.05, 4.69) is 6.92 Å². The average Bonchev–Trinajstić information content (AvgIpc) is 2.78. The van der Waals surface area contributed by atoms with Crippen molar-refractivity contribution in [1.82, 2.24) is 9.97 Å². The van der Waals surface area contributed by atoms with E-state index in [4.69, 9.17) is 19.4 Å². The summed E-state index contributed by atoms with van der Waals surface area (Å²) >= 11 is 0. The van der Waals surface area contributed by atoms with Crippen LogP contribution >= 0.6 is 0 Å². The fraction of sp³-hybridized carbons (Fsp3) is 0.522. The van der Waals surface area contributed by atoms with E-state index in [-0.39, 0.29) is 19.4 Å². The van der Waals surface area contributed by atoms with Gasteiger partial charge in [-0.3, -0.25) is 4.98 Å². The van der Waals surface area contributed by atoms with Gasteiger partial charge >= 0.3 is 5.97 Å². The van der Waals surface area contributed by atoms with E-state index in [9.17, 15) is 4.79 Å². The molecule has 3 rings (SSSR count). The van der Waals surface area contributed by atoms with Crippen LogP contribution in [0.1, 0.15) is 45.2 Å². The lowest BCUT2D eigenvalue weighted by atomic mass is 9.93. The number of carbonyl (C=O) groups excluding carboxylic acids is 1. The second-order valence-electron chi connectivity index (χ2n) is 7.54. The maximum atomic E-state index is 15.0. The van der Waals surface area contributed by atoms with E-state index in [0.717, 1.165) is 47.8 Å². The van der Waals surface area contributed by atoms with Gasteiger partial charge in [-0.25, -0.2) is 14.2 Å². The Morgan fingerprint density at radius 3 is 2.50 bits per heavy atom. The summed E-state index contributed by atoms with van der Waals surface area (Å²) in [5.74, 6) is 0.741. The Hall–Kier alpha value is -2.70. The summed E-state index contributed by atoms with van der Waals surface area (Å²) in [6.45, 7) is 4.77. The monoisotopic (exact) mass is 415 g/mol. The number of carbonyl (C=O) groups is 1. The minimum Gasteiger partial charge on any atom is -0.497 e. The molecule has 1 aliphatic rings. The number of anilines is 1. The summed E-state index contributed by atoms with van der Waals surface area (Å²) in [7, 11) is 1.63. The molecule has 1 fully saturated rings. The number of unbranched alkanes of at least 4 members (excludes halogenated alkanes) is 1. The molecule has 0 unspecified atom stereocenters. The molecule has 0 spiro atoms. The van der Waals surface area contributed by atoms with Crippen LogP contribution in [0.3, 0.4) is 0 Å². The fourth-order valence-electron chi connectivity index (χ4n) is 3.60. The number of alkyl halides is 1. The average molecular weight is 416 g/mol. The molecule has 7 heteroatoms. The van der Waals surface area contributed by atoms with Gasteiger partial charge in [0.1, 0.15) is 11.4 Å². The van der Waals surface area contributed by atoms with Crippen LogP contribution in [0.15, 0.2) is 30.5 Å². The number of aryl methyl sites for hydroxylation is 1. The van der Waals surface area contributed by atoms with Gasteiger partial charge in [0.2, 0.25) is 5.67 Å². The molecule has 1 aromatic heterocycles. The largest absolute Gasteiger partial charge is 0.497 e. The Kier molecular flexibility index (Phi) is 7.24. The first kappa shape index (κ1) is 22.0. The van der Waals surface area contributed by atoms with Crippen molar-refractivity contribution in [1.29, 1.82) is 0 Å². The van der Waals surface area contributed by atoms with E-state index in [1.165, 1.54) is 0 Å². The van der Waals surface area contributed by atoms with Gasteiger partial charge in [-0.05, 0) is 44.0 Å². The molecule has 0 N–H and O–H groups in total. The highest BCUT2D eigenvalue weighted by atomic mass is 19.1. The quantitative estimate of drug-likeness (QED) is 0.597. The molecule has 1 aliphatic heterocycles. The standard InChI is InChI=1S/C23H30FN3O3/c1-4-6-7-18-16-25-20(17-8-10-19(29-3)11-9-17)21(26-18)27-14-12-23(24,13-15-27)22(28)30-5-2/h8-11,16H,4-7,12-15H2,1-3H3. The second-order valence-corrected chi connectivity index (χ2v) is 7.54. The summed E-state index contributed by atoms with van der Waals surface area (Å²) in [5.41, 5.74) is 0.662. The molecule has 0 atom stereocenters. The highest BCUT2D eigenvalue weighted by Crippen LogP contribution is 2.34. The van der Waals surface area contributed by atoms with Crippen LogP contribution in [0.5, 0.6) is 5.75 Å². The molecule has 1 aromatic carbocycles. The van der Waals surface area contributed by atoms with E-state index < -0.39 is 11.6 Å². The van der Waals surface area contributed by atoms with Gasteiger partial charge in [0, 0.05) is 37.7 Å². The van der Waals surface area contributed by atoms with Crippen molar-refractivity contribution in [2.45, 2.75) is 51.6 Å². The lowest BCUT2D eigenvalue weighted by Gasteiger charge is -2.36. The first-order chi connectivity index (χ1) is 14.5. The van der Waals surface area contributed by atoms with Gasteiger partial charge in [0.25, 0.3) is 0 Å². The Morgan fingerprint density at radius 1 is 1.20 bits per heavy atom. The molecule has 0 saturated carbocycles. The number of methoxy groups -OCH3 is 1. The first-order valence-electron chi connectivity index (χ1n) is 10.6. The SMILES string of the molecule is CCCCc1cnc(-c2ccc(OC)cc2)c(N2CCC(F)(C(=O)OCC)CC2)n1. The molecular weight excluding hydrogens is 385 g/mol. The summed E-state index contributed by atoms with van der Waals surface area (Å²) in [6.07, 6.45) is 4.94. The van der Waals surface area contributed by atoms with Crippen molar-refractivity contribution in [2.75, 3.05) is 31.7 Å². The lowest BCUT2D eigenvalue weighted by molar-refractivity contribution is -0.158. The fourth-order valence-corrected chi connectivity index (χ4v) is 3.60. The van der Waals surface area contributed by atoms with E-state index in [1.54, 1.807) is 14.0 Å².